The van der Waals surface area contributed by atoms with Crippen LogP contribution < -0.4 is 10.2 Å². The van der Waals surface area contributed by atoms with E-state index in [2.05, 4.69) is 10.2 Å². The smallest absolute Gasteiger partial charge is 0.248 e. The highest BCUT2D eigenvalue weighted by Crippen LogP contribution is 2.27. The average molecular weight is 446 g/mol. The summed E-state index contributed by atoms with van der Waals surface area (Å²) in [6, 6.07) is 12.8. The van der Waals surface area contributed by atoms with Crippen molar-refractivity contribution in [3.8, 4) is 0 Å². The lowest BCUT2D eigenvalue weighted by Gasteiger charge is -2.37. The Bertz CT molecular complexity index is 951. The van der Waals surface area contributed by atoms with Gasteiger partial charge in [-0.25, -0.2) is 0 Å². The molecule has 0 saturated carbocycles. The SMILES string of the molecule is CC(C)C(=O)N1CCN(c2ccccc2NC(=O)/C=C/c2ccc(Cl)cc2Cl)CC1. The van der Waals surface area contributed by atoms with Gasteiger partial charge in [-0.15, -0.1) is 0 Å². The fraction of sp³-hybridized carbons (Fsp3) is 0.304. The first-order chi connectivity index (χ1) is 14.3. The molecule has 30 heavy (non-hydrogen) atoms. The Balaban J connectivity index is 1.66. The van der Waals surface area contributed by atoms with Crippen molar-refractivity contribution in [2.45, 2.75) is 13.8 Å². The van der Waals surface area contributed by atoms with Gasteiger partial charge in [0.1, 0.15) is 0 Å². The van der Waals surface area contributed by atoms with Gasteiger partial charge in [-0.3, -0.25) is 9.59 Å². The van der Waals surface area contributed by atoms with Crippen molar-refractivity contribution in [2.24, 2.45) is 5.92 Å². The van der Waals surface area contributed by atoms with Crippen molar-refractivity contribution < 1.29 is 9.59 Å². The lowest BCUT2D eigenvalue weighted by Crippen LogP contribution is -2.50. The molecule has 1 saturated heterocycles. The predicted octanol–water partition coefficient (Wildman–Crippen LogP) is 4.95. The molecule has 3 rings (SSSR count). The number of hydrogen-bond donors (Lipinski definition) is 1. The largest absolute Gasteiger partial charge is 0.366 e. The molecule has 158 valence electrons. The predicted molar refractivity (Wildman–Crippen MR) is 124 cm³/mol. The molecule has 1 aliphatic rings. The Hall–Kier alpha value is -2.50. The van der Waals surface area contributed by atoms with Gasteiger partial charge in [0.15, 0.2) is 0 Å². The van der Waals surface area contributed by atoms with E-state index in [9.17, 15) is 9.59 Å². The van der Waals surface area contributed by atoms with Gasteiger partial charge in [0, 0.05) is 48.2 Å². The number of nitrogens with zero attached hydrogens (tertiary/aromatic N) is 2. The van der Waals surface area contributed by atoms with Crippen LogP contribution in [0.1, 0.15) is 19.4 Å². The molecule has 0 bridgehead atoms. The maximum Gasteiger partial charge on any atom is 0.248 e. The maximum absolute atomic E-state index is 12.5. The number of hydrogen-bond acceptors (Lipinski definition) is 3. The molecular formula is C23H25Cl2N3O2. The van der Waals surface area contributed by atoms with Gasteiger partial charge in [-0.05, 0) is 35.9 Å². The van der Waals surface area contributed by atoms with Crippen molar-refractivity contribution in [2.75, 3.05) is 36.4 Å². The molecule has 2 aromatic carbocycles. The van der Waals surface area contributed by atoms with E-state index in [-0.39, 0.29) is 17.7 Å². The zero-order valence-corrected chi connectivity index (χ0v) is 18.6. The normalized spacial score (nSPS) is 14.4. The number of para-hydroxylation sites is 2. The minimum Gasteiger partial charge on any atom is -0.366 e. The van der Waals surface area contributed by atoms with E-state index >= 15 is 0 Å². The van der Waals surface area contributed by atoms with Gasteiger partial charge < -0.3 is 15.1 Å². The monoisotopic (exact) mass is 445 g/mol. The summed E-state index contributed by atoms with van der Waals surface area (Å²) in [5, 5.41) is 3.98. The van der Waals surface area contributed by atoms with Gasteiger partial charge in [-0.1, -0.05) is 55.2 Å². The van der Waals surface area contributed by atoms with Gasteiger partial charge in [0.05, 0.1) is 11.4 Å². The third-order valence-electron chi connectivity index (χ3n) is 4.96. The topological polar surface area (TPSA) is 52.7 Å². The van der Waals surface area contributed by atoms with Crippen LogP contribution in [0.3, 0.4) is 0 Å². The van der Waals surface area contributed by atoms with Crippen LogP contribution in [0.25, 0.3) is 6.08 Å². The summed E-state index contributed by atoms with van der Waals surface area (Å²) in [5.74, 6) is -0.0617. The van der Waals surface area contributed by atoms with Crippen molar-refractivity contribution in [3.63, 3.8) is 0 Å². The Labute approximate surface area is 187 Å². The summed E-state index contributed by atoms with van der Waals surface area (Å²) in [6.07, 6.45) is 3.11. The number of carbonyl (C=O) groups is 2. The summed E-state index contributed by atoms with van der Waals surface area (Å²) in [5.41, 5.74) is 2.40. The van der Waals surface area contributed by atoms with E-state index in [4.69, 9.17) is 23.2 Å². The zero-order valence-electron chi connectivity index (χ0n) is 17.1. The summed E-state index contributed by atoms with van der Waals surface area (Å²) in [6.45, 7) is 6.64. The zero-order chi connectivity index (χ0) is 21.7. The van der Waals surface area contributed by atoms with Crippen molar-refractivity contribution >= 4 is 52.5 Å². The Morgan fingerprint density at radius 3 is 2.40 bits per heavy atom. The Morgan fingerprint density at radius 1 is 1.03 bits per heavy atom. The van der Waals surface area contributed by atoms with E-state index < -0.39 is 0 Å². The molecule has 5 nitrogen and oxygen atoms in total. The second-order valence-electron chi connectivity index (χ2n) is 7.47. The summed E-state index contributed by atoms with van der Waals surface area (Å²) in [7, 11) is 0. The Kier molecular flexibility index (Phi) is 7.40. The maximum atomic E-state index is 12.5. The van der Waals surface area contributed by atoms with E-state index in [0.717, 1.165) is 30.0 Å². The minimum absolute atomic E-state index is 0.00375. The minimum atomic E-state index is -0.248. The average Bonchev–Trinajstić information content (AvgIpc) is 2.73. The number of carbonyl (C=O) groups excluding carboxylic acids is 2. The summed E-state index contributed by atoms with van der Waals surface area (Å²) < 4.78 is 0. The number of anilines is 2. The van der Waals surface area contributed by atoms with Crippen LogP contribution >= 0.6 is 23.2 Å². The second-order valence-corrected chi connectivity index (χ2v) is 8.32. The lowest BCUT2D eigenvalue weighted by molar-refractivity contribution is -0.134. The number of halogens is 2. The molecule has 0 radical (unpaired) electrons. The Morgan fingerprint density at radius 2 is 1.73 bits per heavy atom. The molecule has 1 fully saturated rings. The van der Waals surface area contributed by atoms with E-state index in [1.807, 2.05) is 43.0 Å². The van der Waals surface area contributed by atoms with Crippen LogP contribution in [0.4, 0.5) is 11.4 Å². The van der Waals surface area contributed by atoms with Gasteiger partial charge >= 0.3 is 0 Å². The van der Waals surface area contributed by atoms with E-state index in [1.54, 1.807) is 24.3 Å². The summed E-state index contributed by atoms with van der Waals surface area (Å²) in [4.78, 5) is 28.8. The molecule has 1 N–H and O–H groups in total. The number of nitrogens with one attached hydrogen (secondary N) is 1. The molecule has 0 spiro atoms. The number of rotatable bonds is 5. The standard InChI is InChI=1S/C23H25Cl2N3O2/c1-16(2)23(30)28-13-11-27(12-14-28)21-6-4-3-5-20(21)26-22(29)10-8-17-7-9-18(24)15-19(17)25/h3-10,15-16H,11-14H2,1-2H3,(H,26,29)/b10-8+. The van der Waals surface area contributed by atoms with Crippen LogP contribution in [0, 0.1) is 5.92 Å². The van der Waals surface area contributed by atoms with Crippen molar-refractivity contribution in [1.82, 2.24) is 4.90 Å². The lowest BCUT2D eigenvalue weighted by atomic mass is 10.1. The van der Waals surface area contributed by atoms with Crippen LogP contribution in [0.2, 0.25) is 10.0 Å². The molecule has 0 atom stereocenters. The van der Waals surface area contributed by atoms with Gasteiger partial charge in [0.25, 0.3) is 0 Å². The molecule has 0 unspecified atom stereocenters. The fourth-order valence-electron chi connectivity index (χ4n) is 3.36. The molecule has 1 aliphatic heterocycles. The molecule has 7 heteroatoms. The number of piperazine rings is 1. The fourth-order valence-corrected chi connectivity index (χ4v) is 3.84. The summed E-state index contributed by atoms with van der Waals surface area (Å²) >= 11 is 12.1. The number of amides is 2. The van der Waals surface area contributed by atoms with Crippen molar-refractivity contribution in [1.29, 1.82) is 0 Å². The molecule has 0 aliphatic carbocycles. The highest BCUT2D eigenvalue weighted by Gasteiger charge is 2.24. The molecule has 1 heterocycles. The molecule has 0 aromatic heterocycles. The third kappa shape index (κ3) is 5.55. The van der Waals surface area contributed by atoms with Crippen LogP contribution in [-0.2, 0) is 9.59 Å². The van der Waals surface area contributed by atoms with E-state index in [1.165, 1.54) is 6.08 Å². The van der Waals surface area contributed by atoms with Gasteiger partial charge in [0.2, 0.25) is 11.8 Å². The second kappa shape index (κ2) is 10.0. The van der Waals surface area contributed by atoms with Crippen LogP contribution in [0.15, 0.2) is 48.5 Å². The first-order valence-electron chi connectivity index (χ1n) is 9.92. The van der Waals surface area contributed by atoms with Crippen LogP contribution in [0.5, 0.6) is 0 Å². The molecular weight excluding hydrogens is 421 g/mol. The van der Waals surface area contributed by atoms with E-state index in [0.29, 0.717) is 23.1 Å². The highest BCUT2D eigenvalue weighted by molar-refractivity contribution is 6.35. The first kappa shape index (κ1) is 22.2. The highest BCUT2D eigenvalue weighted by atomic mass is 35.5. The van der Waals surface area contributed by atoms with Gasteiger partial charge in [-0.2, -0.15) is 0 Å². The quantitative estimate of drug-likeness (QED) is 0.662. The van der Waals surface area contributed by atoms with Crippen LogP contribution in [-0.4, -0.2) is 42.9 Å². The number of benzene rings is 2. The third-order valence-corrected chi connectivity index (χ3v) is 5.53. The van der Waals surface area contributed by atoms with Crippen molar-refractivity contribution in [3.05, 3.63) is 64.1 Å². The molecule has 2 amide bonds. The first-order valence-corrected chi connectivity index (χ1v) is 10.7. The molecule has 2 aromatic rings.